The second kappa shape index (κ2) is 11.2. The number of nitro benzene ring substituents is 1. The average Bonchev–Trinajstić information content (AvgIpc) is 3.20. The molecule has 0 saturated carbocycles. The number of nitro groups is 1. The molecule has 0 bridgehead atoms. The number of ether oxygens (including phenoxy) is 3. The van der Waals surface area contributed by atoms with E-state index in [9.17, 15) is 14.9 Å². The summed E-state index contributed by atoms with van der Waals surface area (Å²) in [6.07, 6.45) is 1.53. The molecule has 36 heavy (non-hydrogen) atoms. The normalized spacial score (nSPS) is 13.9. The number of nitrogens with zero attached hydrogens (tertiary/aromatic N) is 2. The molecule has 0 N–H and O–H groups in total. The van der Waals surface area contributed by atoms with E-state index in [4.69, 9.17) is 25.8 Å². The van der Waals surface area contributed by atoms with Crippen LogP contribution in [0.3, 0.4) is 0 Å². The molecule has 3 aromatic carbocycles. The fraction of sp³-hybridized carbons (Fsp3) is 0.120. The van der Waals surface area contributed by atoms with E-state index >= 15 is 0 Å². The Morgan fingerprint density at radius 3 is 2.56 bits per heavy atom. The molecular weight excluding hydrogens is 620 g/mol. The Morgan fingerprint density at radius 2 is 1.86 bits per heavy atom. The van der Waals surface area contributed by atoms with Gasteiger partial charge in [-0.2, -0.15) is 0 Å². The van der Waals surface area contributed by atoms with E-state index in [1.807, 2.05) is 31.2 Å². The van der Waals surface area contributed by atoms with Crippen LogP contribution in [0.5, 0.6) is 11.5 Å². The second-order valence-corrected chi connectivity index (χ2v) is 9.61. The topological polar surface area (TPSA) is 100 Å². The van der Waals surface area contributed by atoms with Crippen molar-refractivity contribution in [2.45, 2.75) is 13.5 Å². The van der Waals surface area contributed by atoms with Gasteiger partial charge < -0.3 is 14.2 Å². The van der Waals surface area contributed by atoms with Gasteiger partial charge in [-0.05, 0) is 76.5 Å². The highest BCUT2D eigenvalue weighted by atomic mass is 79.9. The first-order chi connectivity index (χ1) is 17.2. The SMILES string of the molecule is CCOc1cc(/C=C2\N=C(c3ccc(Cl)c([N+](=O)[O-])c3)OC2=O)cc(Br)c1OCc1ccc(Br)cc1. The lowest BCUT2D eigenvalue weighted by atomic mass is 10.1. The zero-order valence-corrected chi connectivity index (χ0v) is 22.6. The van der Waals surface area contributed by atoms with Crippen molar-refractivity contribution in [2.75, 3.05) is 6.61 Å². The molecule has 0 unspecified atom stereocenters. The highest BCUT2D eigenvalue weighted by Gasteiger charge is 2.26. The molecule has 0 fully saturated rings. The minimum Gasteiger partial charge on any atom is -0.490 e. The molecular formula is C25H17Br2ClN2O6. The van der Waals surface area contributed by atoms with E-state index in [1.165, 1.54) is 24.3 Å². The molecule has 184 valence electrons. The van der Waals surface area contributed by atoms with Gasteiger partial charge in [-0.15, -0.1) is 0 Å². The third-order valence-electron chi connectivity index (χ3n) is 4.94. The number of carbonyl (C=O) groups excluding carboxylic acids is 1. The van der Waals surface area contributed by atoms with Crippen molar-refractivity contribution in [3.63, 3.8) is 0 Å². The smallest absolute Gasteiger partial charge is 0.363 e. The van der Waals surface area contributed by atoms with Crippen molar-refractivity contribution in [2.24, 2.45) is 4.99 Å². The Balaban J connectivity index is 1.62. The van der Waals surface area contributed by atoms with Crippen LogP contribution in [0, 0.1) is 10.1 Å². The first-order valence-electron chi connectivity index (χ1n) is 10.6. The third kappa shape index (κ3) is 5.95. The van der Waals surface area contributed by atoms with Gasteiger partial charge in [0.05, 0.1) is 16.0 Å². The Morgan fingerprint density at radius 1 is 1.11 bits per heavy atom. The molecule has 0 aromatic heterocycles. The molecule has 1 aliphatic heterocycles. The minimum atomic E-state index is -0.688. The lowest BCUT2D eigenvalue weighted by molar-refractivity contribution is -0.384. The van der Waals surface area contributed by atoms with Crippen molar-refractivity contribution in [1.29, 1.82) is 0 Å². The van der Waals surface area contributed by atoms with Gasteiger partial charge in [0.15, 0.2) is 17.2 Å². The predicted molar refractivity (Wildman–Crippen MR) is 142 cm³/mol. The number of aliphatic imine (C=N–C) groups is 1. The maximum absolute atomic E-state index is 12.5. The van der Waals surface area contributed by atoms with Crippen LogP contribution in [0.2, 0.25) is 5.02 Å². The molecule has 0 radical (unpaired) electrons. The minimum absolute atomic E-state index is 0.0276. The van der Waals surface area contributed by atoms with Crippen LogP contribution in [0.1, 0.15) is 23.6 Å². The molecule has 4 rings (SSSR count). The molecule has 11 heteroatoms. The Kier molecular flexibility index (Phi) is 8.07. The fourth-order valence-electron chi connectivity index (χ4n) is 3.29. The third-order valence-corrected chi connectivity index (χ3v) is 6.38. The fourth-order valence-corrected chi connectivity index (χ4v) is 4.31. The number of carbonyl (C=O) groups is 1. The highest BCUT2D eigenvalue weighted by Crippen LogP contribution is 2.38. The number of hydrogen-bond donors (Lipinski definition) is 0. The lowest BCUT2D eigenvalue weighted by Crippen LogP contribution is -2.06. The summed E-state index contributed by atoms with van der Waals surface area (Å²) in [7, 11) is 0. The van der Waals surface area contributed by atoms with Gasteiger partial charge in [-0.1, -0.05) is 39.7 Å². The molecule has 0 atom stereocenters. The zero-order valence-electron chi connectivity index (χ0n) is 18.7. The number of cyclic esters (lactones) is 1. The van der Waals surface area contributed by atoms with E-state index in [0.717, 1.165) is 10.0 Å². The molecule has 8 nitrogen and oxygen atoms in total. The van der Waals surface area contributed by atoms with Crippen LogP contribution in [-0.2, 0) is 16.1 Å². The predicted octanol–water partition coefficient (Wildman–Crippen LogP) is 7.10. The van der Waals surface area contributed by atoms with Gasteiger partial charge in [0.1, 0.15) is 11.6 Å². The maximum Gasteiger partial charge on any atom is 0.363 e. The number of esters is 1. The summed E-state index contributed by atoms with van der Waals surface area (Å²) >= 11 is 12.8. The zero-order chi connectivity index (χ0) is 25.8. The van der Waals surface area contributed by atoms with E-state index < -0.39 is 10.9 Å². The standard InChI is InChI=1S/C25H17Br2ClN2O6/c1-2-34-22-11-15(9-18(27)23(22)35-13-14-3-6-17(26)7-4-14)10-20-25(31)36-24(29-20)16-5-8-19(28)21(12-16)30(32)33/h3-12H,2,13H2,1H3/b20-10-. The van der Waals surface area contributed by atoms with Gasteiger partial charge >= 0.3 is 5.97 Å². The van der Waals surface area contributed by atoms with Crippen molar-refractivity contribution < 1.29 is 23.9 Å². The summed E-state index contributed by atoms with van der Waals surface area (Å²) in [6, 6.07) is 15.3. The Hall–Kier alpha value is -3.21. The van der Waals surface area contributed by atoms with Gasteiger partial charge in [0.25, 0.3) is 5.69 Å². The van der Waals surface area contributed by atoms with E-state index in [1.54, 1.807) is 12.1 Å². The number of rotatable bonds is 8. The van der Waals surface area contributed by atoms with E-state index in [2.05, 4.69) is 36.9 Å². The number of benzene rings is 3. The number of hydrogen-bond acceptors (Lipinski definition) is 7. The van der Waals surface area contributed by atoms with Crippen LogP contribution in [-0.4, -0.2) is 23.4 Å². The van der Waals surface area contributed by atoms with Crippen LogP contribution in [0.15, 0.2) is 74.2 Å². The highest BCUT2D eigenvalue weighted by molar-refractivity contribution is 9.10. The largest absolute Gasteiger partial charge is 0.490 e. The Bertz CT molecular complexity index is 1410. The van der Waals surface area contributed by atoms with Crippen molar-refractivity contribution >= 4 is 67.1 Å². The molecule has 1 aliphatic rings. The van der Waals surface area contributed by atoms with E-state index in [0.29, 0.717) is 34.7 Å². The average molecular weight is 637 g/mol. The van der Waals surface area contributed by atoms with Crippen molar-refractivity contribution in [3.05, 3.63) is 101 Å². The van der Waals surface area contributed by atoms with Crippen molar-refractivity contribution in [1.82, 2.24) is 0 Å². The first-order valence-corrected chi connectivity index (χ1v) is 12.5. The summed E-state index contributed by atoms with van der Waals surface area (Å²) in [5, 5.41) is 11.1. The summed E-state index contributed by atoms with van der Waals surface area (Å²) in [5.74, 6) is 0.269. The molecule has 1 heterocycles. The van der Waals surface area contributed by atoms with Gasteiger partial charge in [0.2, 0.25) is 5.90 Å². The monoisotopic (exact) mass is 634 g/mol. The maximum atomic E-state index is 12.5. The summed E-state index contributed by atoms with van der Waals surface area (Å²) in [4.78, 5) is 27.2. The van der Waals surface area contributed by atoms with Crippen LogP contribution >= 0.6 is 43.5 Å². The van der Waals surface area contributed by atoms with Gasteiger partial charge in [-0.3, -0.25) is 10.1 Å². The van der Waals surface area contributed by atoms with E-state index in [-0.39, 0.29) is 27.9 Å². The molecule has 0 aliphatic carbocycles. The first kappa shape index (κ1) is 25.9. The Labute approximate surface area is 227 Å². The summed E-state index contributed by atoms with van der Waals surface area (Å²) < 4.78 is 18.6. The summed E-state index contributed by atoms with van der Waals surface area (Å²) in [5.41, 5.74) is 1.57. The van der Waals surface area contributed by atoms with Crippen molar-refractivity contribution in [3.8, 4) is 11.5 Å². The second-order valence-electron chi connectivity index (χ2n) is 7.44. The van der Waals surface area contributed by atoms with Crippen LogP contribution in [0.4, 0.5) is 5.69 Å². The van der Waals surface area contributed by atoms with Gasteiger partial charge in [0, 0.05) is 16.1 Å². The molecule has 3 aromatic rings. The van der Waals surface area contributed by atoms with Crippen LogP contribution in [0.25, 0.3) is 6.08 Å². The molecule has 0 saturated heterocycles. The molecule has 0 spiro atoms. The number of halogens is 3. The molecule has 0 amide bonds. The lowest BCUT2D eigenvalue weighted by Gasteiger charge is -2.15. The van der Waals surface area contributed by atoms with Gasteiger partial charge in [-0.25, -0.2) is 9.79 Å². The summed E-state index contributed by atoms with van der Waals surface area (Å²) in [6.45, 7) is 2.59. The van der Waals surface area contributed by atoms with Crippen LogP contribution < -0.4 is 9.47 Å². The quantitative estimate of drug-likeness (QED) is 0.113.